The number of alkyl halides is 2. The molecule has 2 heteroatoms. The molecule has 60 valence electrons. The van der Waals surface area contributed by atoms with Gasteiger partial charge in [-0.3, -0.25) is 0 Å². The minimum Gasteiger partial charge on any atom is -0.243 e. The topological polar surface area (TPSA) is 0 Å². The van der Waals surface area contributed by atoms with Crippen molar-refractivity contribution in [3.8, 4) is 0 Å². The number of hydrogen-bond donors (Lipinski definition) is 0. The van der Waals surface area contributed by atoms with Crippen molar-refractivity contribution in [2.75, 3.05) is 5.33 Å². The van der Waals surface area contributed by atoms with Crippen molar-refractivity contribution in [1.29, 1.82) is 0 Å². The molecule has 0 unspecified atom stereocenters. The van der Waals surface area contributed by atoms with E-state index < -0.39 is 5.67 Å². The van der Waals surface area contributed by atoms with Crippen LogP contribution in [0.2, 0.25) is 0 Å². The molecule has 0 aliphatic heterocycles. The van der Waals surface area contributed by atoms with Gasteiger partial charge in [0.15, 0.2) is 0 Å². The Morgan fingerprint density at radius 2 is 2.40 bits per heavy atom. The molecule has 10 heavy (non-hydrogen) atoms. The molecule has 0 heterocycles. The minimum absolute atomic E-state index is 0.518. The molecule has 0 aromatic carbocycles. The third-order valence-corrected chi connectivity index (χ3v) is 3.28. The maximum atomic E-state index is 13.5. The van der Waals surface area contributed by atoms with Gasteiger partial charge in [0.1, 0.15) is 5.67 Å². The second-order valence-corrected chi connectivity index (χ2v) is 4.05. The molecule has 0 nitrogen and oxygen atoms in total. The molecule has 0 bridgehead atoms. The summed E-state index contributed by atoms with van der Waals surface area (Å²) in [6, 6.07) is 0. The average Bonchev–Trinajstić information content (AvgIpc) is 1.88. The van der Waals surface area contributed by atoms with Gasteiger partial charge in [0.2, 0.25) is 0 Å². The molecule has 0 N–H and O–H groups in total. The highest BCUT2D eigenvalue weighted by Gasteiger charge is 2.33. The summed E-state index contributed by atoms with van der Waals surface area (Å²) in [4.78, 5) is 0. The predicted octanol–water partition coefficient (Wildman–Crippen LogP) is 3.30. The van der Waals surface area contributed by atoms with Crippen LogP contribution in [0.5, 0.6) is 0 Å². The predicted molar refractivity (Wildman–Crippen MR) is 45.3 cm³/mol. The molecular formula is C8H14BrF. The Morgan fingerprint density at radius 1 is 1.70 bits per heavy atom. The van der Waals surface area contributed by atoms with E-state index in [1.165, 1.54) is 6.42 Å². The second-order valence-electron chi connectivity index (χ2n) is 3.49. The zero-order valence-electron chi connectivity index (χ0n) is 6.37. The first-order chi connectivity index (χ1) is 4.66. The number of halogens is 2. The van der Waals surface area contributed by atoms with Crippen molar-refractivity contribution >= 4 is 15.9 Å². The first-order valence-electron chi connectivity index (χ1n) is 3.91. The molecular weight excluding hydrogens is 195 g/mol. The largest absolute Gasteiger partial charge is 0.243 e. The van der Waals surface area contributed by atoms with Crippen molar-refractivity contribution < 1.29 is 4.39 Å². The van der Waals surface area contributed by atoms with Crippen LogP contribution in [0.15, 0.2) is 0 Å². The first-order valence-corrected chi connectivity index (χ1v) is 5.03. The van der Waals surface area contributed by atoms with Gasteiger partial charge in [-0.05, 0) is 25.2 Å². The lowest BCUT2D eigenvalue weighted by Gasteiger charge is -2.31. The molecule has 1 aliphatic carbocycles. The zero-order valence-corrected chi connectivity index (χ0v) is 7.95. The molecule has 1 fully saturated rings. The van der Waals surface area contributed by atoms with E-state index in [0.29, 0.717) is 11.2 Å². The van der Waals surface area contributed by atoms with Crippen LogP contribution in [0.4, 0.5) is 4.39 Å². The molecule has 0 aromatic rings. The molecule has 0 saturated heterocycles. The smallest absolute Gasteiger partial charge is 0.121 e. The van der Waals surface area contributed by atoms with E-state index in [1.807, 2.05) is 0 Å². The summed E-state index contributed by atoms with van der Waals surface area (Å²) in [5.41, 5.74) is -0.891. The summed E-state index contributed by atoms with van der Waals surface area (Å²) in [7, 11) is 0. The molecule has 1 saturated carbocycles. The third-order valence-electron chi connectivity index (χ3n) is 2.28. The quantitative estimate of drug-likeness (QED) is 0.581. The fourth-order valence-corrected chi connectivity index (χ4v) is 2.23. The van der Waals surface area contributed by atoms with Gasteiger partial charge in [-0.2, -0.15) is 0 Å². The second kappa shape index (κ2) is 3.21. The fraction of sp³-hybridized carbons (Fsp3) is 1.00. The van der Waals surface area contributed by atoms with E-state index >= 15 is 0 Å². The van der Waals surface area contributed by atoms with Gasteiger partial charge >= 0.3 is 0 Å². The van der Waals surface area contributed by atoms with Gasteiger partial charge < -0.3 is 0 Å². The van der Waals surface area contributed by atoms with Crippen LogP contribution in [0, 0.1) is 5.92 Å². The van der Waals surface area contributed by atoms with E-state index in [2.05, 4.69) is 22.9 Å². The van der Waals surface area contributed by atoms with Crippen LogP contribution < -0.4 is 0 Å². The lowest BCUT2D eigenvalue weighted by molar-refractivity contribution is 0.107. The summed E-state index contributed by atoms with van der Waals surface area (Å²) < 4.78 is 13.5. The van der Waals surface area contributed by atoms with Crippen LogP contribution >= 0.6 is 15.9 Å². The Hall–Kier alpha value is 0.410. The zero-order chi connectivity index (χ0) is 7.61. The first kappa shape index (κ1) is 8.51. The molecule has 2 atom stereocenters. The summed E-state index contributed by atoms with van der Waals surface area (Å²) in [5, 5.41) is 0.518. The summed E-state index contributed by atoms with van der Waals surface area (Å²) in [6.45, 7) is 2.14. The van der Waals surface area contributed by atoms with Gasteiger partial charge in [0, 0.05) is 5.33 Å². The SMILES string of the molecule is C[C@H]1CCC[C@@](F)(CBr)C1. The standard InChI is InChI=1S/C8H14BrF/c1-7-3-2-4-8(10,5-7)6-9/h7H,2-6H2,1H3/t7-,8-/m0/s1. The monoisotopic (exact) mass is 208 g/mol. The van der Waals surface area contributed by atoms with Crippen molar-refractivity contribution in [3.63, 3.8) is 0 Å². The molecule has 0 spiro atoms. The van der Waals surface area contributed by atoms with Gasteiger partial charge in [-0.1, -0.05) is 29.3 Å². The normalized spacial score (nSPS) is 41.7. The third kappa shape index (κ3) is 1.94. The average molecular weight is 209 g/mol. The Bertz CT molecular complexity index is 116. The van der Waals surface area contributed by atoms with Crippen molar-refractivity contribution in [2.24, 2.45) is 5.92 Å². The van der Waals surface area contributed by atoms with E-state index in [0.717, 1.165) is 19.3 Å². The highest BCUT2D eigenvalue weighted by molar-refractivity contribution is 9.09. The Labute approximate surface area is 70.3 Å². The van der Waals surface area contributed by atoms with Crippen LogP contribution in [-0.4, -0.2) is 11.0 Å². The Morgan fingerprint density at radius 3 is 2.80 bits per heavy atom. The molecule has 0 amide bonds. The van der Waals surface area contributed by atoms with Crippen molar-refractivity contribution in [3.05, 3.63) is 0 Å². The Kier molecular flexibility index (Phi) is 2.73. The van der Waals surface area contributed by atoms with Crippen LogP contribution in [0.1, 0.15) is 32.6 Å². The highest BCUT2D eigenvalue weighted by atomic mass is 79.9. The summed E-state index contributed by atoms with van der Waals surface area (Å²) >= 11 is 3.22. The van der Waals surface area contributed by atoms with Gasteiger partial charge in [-0.25, -0.2) is 4.39 Å². The van der Waals surface area contributed by atoms with Crippen molar-refractivity contribution in [2.45, 2.75) is 38.3 Å². The fourth-order valence-electron chi connectivity index (χ4n) is 1.72. The van der Waals surface area contributed by atoms with Crippen molar-refractivity contribution in [1.82, 2.24) is 0 Å². The molecule has 0 aromatic heterocycles. The molecule has 1 rings (SSSR count). The maximum absolute atomic E-state index is 13.5. The molecule has 0 radical (unpaired) electrons. The number of rotatable bonds is 1. The van der Waals surface area contributed by atoms with E-state index in [4.69, 9.17) is 0 Å². The van der Waals surface area contributed by atoms with E-state index in [-0.39, 0.29) is 0 Å². The maximum Gasteiger partial charge on any atom is 0.121 e. The lowest BCUT2D eigenvalue weighted by Crippen LogP contribution is -2.31. The van der Waals surface area contributed by atoms with E-state index in [9.17, 15) is 4.39 Å². The van der Waals surface area contributed by atoms with Crippen LogP contribution in [0.25, 0.3) is 0 Å². The Balaban J connectivity index is 2.45. The lowest BCUT2D eigenvalue weighted by atomic mass is 9.81. The highest BCUT2D eigenvalue weighted by Crippen LogP contribution is 2.36. The summed E-state index contributed by atoms with van der Waals surface area (Å²) in [6.07, 6.45) is 3.77. The minimum atomic E-state index is -0.891. The molecule has 1 aliphatic rings. The van der Waals surface area contributed by atoms with Crippen LogP contribution in [-0.2, 0) is 0 Å². The van der Waals surface area contributed by atoms with Gasteiger partial charge in [0.05, 0.1) is 0 Å². The van der Waals surface area contributed by atoms with Crippen LogP contribution in [0.3, 0.4) is 0 Å². The van der Waals surface area contributed by atoms with Gasteiger partial charge in [0.25, 0.3) is 0 Å². The van der Waals surface area contributed by atoms with E-state index in [1.54, 1.807) is 0 Å². The van der Waals surface area contributed by atoms with Gasteiger partial charge in [-0.15, -0.1) is 0 Å². The summed E-state index contributed by atoms with van der Waals surface area (Å²) in [5.74, 6) is 0.580. The number of hydrogen-bond acceptors (Lipinski definition) is 0.